The Hall–Kier alpha value is -0.490. The number of ether oxygens (including phenoxy) is 1. The van der Waals surface area contributed by atoms with Crippen LogP contribution in [0.2, 0.25) is 0 Å². The van der Waals surface area contributed by atoms with E-state index < -0.39 is 5.60 Å². The average Bonchev–Trinajstić information content (AvgIpc) is 3.11. The van der Waals surface area contributed by atoms with Crippen LogP contribution in [0.3, 0.4) is 0 Å². The average molecular weight is 282 g/mol. The Morgan fingerprint density at radius 2 is 2.05 bits per heavy atom. The van der Waals surface area contributed by atoms with Crippen LogP contribution in [0.1, 0.15) is 48.2 Å². The molecule has 4 nitrogen and oxygen atoms in total. The molecule has 1 N–H and O–H groups in total. The molecule has 0 spiro atoms. The van der Waals surface area contributed by atoms with Crippen LogP contribution in [0.5, 0.6) is 0 Å². The number of hydrogen-bond donors (Lipinski definition) is 1. The quantitative estimate of drug-likeness (QED) is 0.918. The van der Waals surface area contributed by atoms with Gasteiger partial charge >= 0.3 is 0 Å². The van der Waals surface area contributed by atoms with E-state index in [-0.39, 0.29) is 0 Å². The van der Waals surface area contributed by atoms with Crippen molar-refractivity contribution >= 4 is 11.3 Å². The molecule has 0 aromatic carbocycles. The number of rotatable bonds is 4. The molecule has 2 fully saturated rings. The fraction of sp³-hybridized carbons (Fsp3) is 0.786. The Balaban J connectivity index is 1.78. The molecule has 3 rings (SSSR count). The molecule has 0 unspecified atom stereocenters. The monoisotopic (exact) mass is 282 g/mol. The van der Waals surface area contributed by atoms with E-state index in [2.05, 4.69) is 4.90 Å². The maximum Gasteiger partial charge on any atom is 0.107 e. The number of morpholine rings is 1. The first-order chi connectivity index (χ1) is 9.04. The van der Waals surface area contributed by atoms with E-state index in [9.17, 15) is 5.11 Å². The molecule has 0 amide bonds. The third-order valence-electron chi connectivity index (χ3n) is 3.68. The standard InChI is InChI=1S/C14H22N2O2S/c1-14(2,17)13-12(10-3-4-10)15-11(19-13)9-16-5-7-18-8-6-16/h10,17H,3-9H2,1-2H3. The molecule has 2 heterocycles. The Morgan fingerprint density at radius 1 is 1.37 bits per heavy atom. The van der Waals surface area contributed by atoms with Gasteiger partial charge in [-0.3, -0.25) is 4.90 Å². The van der Waals surface area contributed by atoms with Gasteiger partial charge in [-0.25, -0.2) is 4.98 Å². The van der Waals surface area contributed by atoms with Crippen LogP contribution < -0.4 is 0 Å². The largest absolute Gasteiger partial charge is 0.385 e. The van der Waals surface area contributed by atoms with Gasteiger partial charge in [0.25, 0.3) is 0 Å². The van der Waals surface area contributed by atoms with Crippen molar-refractivity contribution in [1.29, 1.82) is 0 Å². The molecule has 1 aromatic heterocycles. The van der Waals surface area contributed by atoms with Crippen LogP contribution >= 0.6 is 11.3 Å². The number of aromatic nitrogens is 1. The summed E-state index contributed by atoms with van der Waals surface area (Å²) >= 11 is 1.68. The Labute approximate surface area is 118 Å². The third-order valence-corrected chi connectivity index (χ3v) is 5.05. The zero-order valence-corrected chi connectivity index (χ0v) is 12.5. The zero-order valence-electron chi connectivity index (χ0n) is 11.7. The lowest BCUT2D eigenvalue weighted by Crippen LogP contribution is -2.35. The zero-order chi connectivity index (χ0) is 13.5. The lowest BCUT2D eigenvalue weighted by atomic mass is 10.0. The van der Waals surface area contributed by atoms with Gasteiger partial charge in [-0.05, 0) is 26.7 Å². The Morgan fingerprint density at radius 3 is 2.63 bits per heavy atom. The van der Waals surface area contributed by atoms with Crippen LogP contribution in [0, 0.1) is 0 Å². The summed E-state index contributed by atoms with van der Waals surface area (Å²) in [5, 5.41) is 11.4. The minimum atomic E-state index is -0.765. The molecule has 1 aliphatic heterocycles. The summed E-state index contributed by atoms with van der Waals surface area (Å²) in [4.78, 5) is 8.26. The summed E-state index contributed by atoms with van der Waals surface area (Å²) in [6.07, 6.45) is 2.45. The lowest BCUT2D eigenvalue weighted by Gasteiger charge is -2.25. The van der Waals surface area contributed by atoms with E-state index in [1.807, 2.05) is 13.8 Å². The van der Waals surface area contributed by atoms with Crippen molar-refractivity contribution in [2.75, 3.05) is 26.3 Å². The molecule has 2 aliphatic rings. The van der Waals surface area contributed by atoms with Gasteiger partial charge in [-0.1, -0.05) is 0 Å². The van der Waals surface area contributed by atoms with Gasteiger partial charge in [0.05, 0.1) is 35.9 Å². The smallest absolute Gasteiger partial charge is 0.107 e. The fourth-order valence-electron chi connectivity index (χ4n) is 2.47. The minimum Gasteiger partial charge on any atom is -0.385 e. The molecule has 106 valence electrons. The van der Waals surface area contributed by atoms with E-state index in [1.54, 1.807) is 11.3 Å². The first-order valence-electron chi connectivity index (χ1n) is 7.06. The Kier molecular flexibility index (Phi) is 3.64. The Bertz CT molecular complexity index is 443. The molecular formula is C14H22N2O2S. The van der Waals surface area contributed by atoms with Crippen molar-refractivity contribution in [3.8, 4) is 0 Å². The second-order valence-corrected chi connectivity index (χ2v) is 7.13. The van der Waals surface area contributed by atoms with Gasteiger partial charge in [0.1, 0.15) is 5.01 Å². The summed E-state index contributed by atoms with van der Waals surface area (Å²) < 4.78 is 5.37. The van der Waals surface area contributed by atoms with Crippen molar-refractivity contribution in [2.45, 2.75) is 44.8 Å². The molecule has 1 saturated carbocycles. The van der Waals surface area contributed by atoms with Crippen molar-refractivity contribution in [1.82, 2.24) is 9.88 Å². The summed E-state index contributed by atoms with van der Waals surface area (Å²) in [7, 11) is 0. The van der Waals surface area contributed by atoms with Crippen molar-refractivity contribution < 1.29 is 9.84 Å². The molecule has 0 radical (unpaired) electrons. The van der Waals surface area contributed by atoms with E-state index in [0.29, 0.717) is 5.92 Å². The van der Waals surface area contributed by atoms with Gasteiger partial charge in [0.15, 0.2) is 0 Å². The number of aliphatic hydroxyl groups is 1. The maximum atomic E-state index is 10.3. The second kappa shape index (κ2) is 5.13. The highest BCUT2D eigenvalue weighted by Crippen LogP contribution is 2.45. The van der Waals surface area contributed by atoms with Gasteiger partial charge < -0.3 is 9.84 Å². The summed E-state index contributed by atoms with van der Waals surface area (Å²) in [6, 6.07) is 0. The SMILES string of the molecule is CC(C)(O)c1sc(CN2CCOCC2)nc1C1CC1. The first kappa shape index (κ1) is 13.5. The highest BCUT2D eigenvalue weighted by molar-refractivity contribution is 7.11. The van der Waals surface area contributed by atoms with Gasteiger partial charge in [-0.2, -0.15) is 0 Å². The van der Waals surface area contributed by atoms with Crippen LogP contribution in [0.25, 0.3) is 0 Å². The van der Waals surface area contributed by atoms with Gasteiger partial charge in [0, 0.05) is 19.0 Å². The molecule has 0 atom stereocenters. The van der Waals surface area contributed by atoms with Crippen LogP contribution in [0.4, 0.5) is 0 Å². The molecule has 0 bridgehead atoms. The lowest BCUT2D eigenvalue weighted by molar-refractivity contribution is 0.0341. The number of nitrogens with zero attached hydrogens (tertiary/aromatic N) is 2. The molecule has 19 heavy (non-hydrogen) atoms. The summed E-state index contributed by atoms with van der Waals surface area (Å²) in [5.74, 6) is 0.594. The summed E-state index contributed by atoms with van der Waals surface area (Å²) in [5.41, 5.74) is 0.388. The third kappa shape index (κ3) is 3.16. The second-order valence-electron chi connectivity index (χ2n) is 6.04. The highest BCUT2D eigenvalue weighted by Gasteiger charge is 2.34. The predicted octanol–water partition coefficient (Wildman–Crippen LogP) is 2.08. The molecule has 5 heteroatoms. The van der Waals surface area contributed by atoms with Crippen LogP contribution in [0.15, 0.2) is 0 Å². The van der Waals surface area contributed by atoms with Crippen molar-refractivity contribution in [3.05, 3.63) is 15.6 Å². The van der Waals surface area contributed by atoms with E-state index in [0.717, 1.165) is 48.4 Å². The topological polar surface area (TPSA) is 45.6 Å². The van der Waals surface area contributed by atoms with Gasteiger partial charge in [0.2, 0.25) is 0 Å². The van der Waals surface area contributed by atoms with Crippen molar-refractivity contribution in [3.63, 3.8) is 0 Å². The molecule has 1 saturated heterocycles. The van der Waals surface area contributed by atoms with Crippen LogP contribution in [-0.4, -0.2) is 41.3 Å². The maximum absolute atomic E-state index is 10.3. The first-order valence-corrected chi connectivity index (χ1v) is 7.88. The van der Waals surface area contributed by atoms with Gasteiger partial charge in [-0.15, -0.1) is 11.3 Å². The predicted molar refractivity (Wildman–Crippen MR) is 75.4 cm³/mol. The summed E-state index contributed by atoms with van der Waals surface area (Å²) in [6.45, 7) is 8.23. The number of hydrogen-bond acceptors (Lipinski definition) is 5. The van der Waals surface area contributed by atoms with Crippen molar-refractivity contribution in [2.24, 2.45) is 0 Å². The van der Waals surface area contributed by atoms with E-state index >= 15 is 0 Å². The van der Waals surface area contributed by atoms with E-state index in [1.165, 1.54) is 12.8 Å². The van der Waals surface area contributed by atoms with E-state index in [4.69, 9.17) is 9.72 Å². The fourth-order valence-corrected chi connectivity index (χ4v) is 3.66. The number of thiazole rings is 1. The highest BCUT2D eigenvalue weighted by atomic mass is 32.1. The van der Waals surface area contributed by atoms with Crippen LogP contribution in [-0.2, 0) is 16.9 Å². The normalized spacial score (nSPS) is 21.8. The molecular weight excluding hydrogens is 260 g/mol. The molecule has 1 aromatic rings. The molecule has 1 aliphatic carbocycles. The minimum absolute atomic E-state index is 0.594.